The van der Waals surface area contributed by atoms with Gasteiger partial charge in [0, 0.05) is 35.8 Å². The van der Waals surface area contributed by atoms with Crippen molar-refractivity contribution < 1.29 is 9.72 Å². The molecular formula is C17H20N4O3S2. The lowest BCUT2D eigenvalue weighted by molar-refractivity contribution is -0.387. The van der Waals surface area contributed by atoms with Gasteiger partial charge >= 0.3 is 0 Å². The van der Waals surface area contributed by atoms with E-state index in [0.717, 1.165) is 22.9 Å². The zero-order valence-corrected chi connectivity index (χ0v) is 16.0. The maximum absolute atomic E-state index is 12.7. The second kappa shape index (κ2) is 8.15. The highest BCUT2D eigenvalue weighted by atomic mass is 32.2. The molecule has 1 amide bonds. The maximum Gasteiger partial charge on any atom is 0.284 e. The smallest absolute Gasteiger partial charge is 0.284 e. The van der Waals surface area contributed by atoms with Crippen molar-refractivity contribution in [1.82, 2.24) is 9.88 Å². The lowest BCUT2D eigenvalue weighted by Crippen LogP contribution is -2.40. The summed E-state index contributed by atoms with van der Waals surface area (Å²) in [5, 5.41) is 13.4. The van der Waals surface area contributed by atoms with Crippen molar-refractivity contribution in [3.8, 4) is 0 Å². The molecule has 0 spiro atoms. The van der Waals surface area contributed by atoms with E-state index in [4.69, 9.17) is 5.73 Å². The van der Waals surface area contributed by atoms with Crippen LogP contribution in [0.5, 0.6) is 0 Å². The van der Waals surface area contributed by atoms with Crippen LogP contribution in [0.1, 0.15) is 28.9 Å². The molecule has 2 aromatic rings. The number of carbonyl (C=O) groups excluding carboxylic acids is 1. The van der Waals surface area contributed by atoms with Gasteiger partial charge in [-0.1, -0.05) is 11.8 Å². The maximum atomic E-state index is 12.7. The van der Waals surface area contributed by atoms with Gasteiger partial charge in [0.1, 0.15) is 0 Å². The minimum absolute atomic E-state index is 0.0643. The summed E-state index contributed by atoms with van der Waals surface area (Å²) in [6, 6.07) is 4.67. The van der Waals surface area contributed by atoms with Crippen LogP contribution >= 0.6 is 23.1 Å². The number of aromatic nitrogens is 1. The number of benzene rings is 1. The number of rotatable bonds is 5. The van der Waals surface area contributed by atoms with Gasteiger partial charge in [-0.15, -0.1) is 11.3 Å². The van der Waals surface area contributed by atoms with Crippen molar-refractivity contribution in [1.29, 1.82) is 0 Å². The Morgan fingerprint density at radius 2 is 2.19 bits per heavy atom. The molecule has 1 fully saturated rings. The number of aryl methyl sites for hydroxylation is 1. The van der Waals surface area contributed by atoms with Crippen molar-refractivity contribution in [2.24, 2.45) is 11.7 Å². The van der Waals surface area contributed by atoms with Crippen molar-refractivity contribution in [2.45, 2.75) is 29.0 Å². The minimum atomic E-state index is -0.444. The molecule has 1 aliphatic rings. The third-order valence-corrected chi connectivity index (χ3v) is 6.55. The number of likely N-dealkylation sites (tertiary alicyclic amines) is 1. The zero-order chi connectivity index (χ0) is 18.7. The Bertz CT molecular complexity index is 816. The molecule has 138 valence electrons. The fourth-order valence-electron chi connectivity index (χ4n) is 2.91. The molecule has 3 rings (SSSR count). The SMILES string of the molecule is Cc1csc(Sc2ccc(C(=O)N3CCC(CN)CC3)cc2[N+](=O)[O-])n1. The fourth-order valence-corrected chi connectivity index (χ4v) is 4.79. The van der Waals surface area contributed by atoms with E-state index in [1.807, 2.05) is 12.3 Å². The lowest BCUT2D eigenvalue weighted by atomic mass is 9.96. The average Bonchev–Trinajstić information content (AvgIpc) is 3.06. The van der Waals surface area contributed by atoms with Gasteiger partial charge in [-0.3, -0.25) is 14.9 Å². The molecule has 7 nitrogen and oxygen atoms in total. The summed E-state index contributed by atoms with van der Waals surface area (Å²) >= 11 is 2.69. The van der Waals surface area contributed by atoms with E-state index in [-0.39, 0.29) is 11.6 Å². The molecule has 0 bridgehead atoms. The highest BCUT2D eigenvalue weighted by molar-refractivity contribution is 8.01. The number of nitrogens with zero attached hydrogens (tertiary/aromatic N) is 3. The zero-order valence-electron chi connectivity index (χ0n) is 14.4. The third-order valence-electron chi connectivity index (χ3n) is 4.43. The molecule has 2 N–H and O–H groups in total. The number of amides is 1. The van der Waals surface area contributed by atoms with Gasteiger partial charge in [-0.2, -0.15) is 0 Å². The number of nitro benzene ring substituents is 1. The Balaban J connectivity index is 1.79. The molecule has 1 aliphatic heterocycles. The number of nitro groups is 1. The molecule has 0 aliphatic carbocycles. The lowest BCUT2D eigenvalue weighted by Gasteiger charge is -2.31. The predicted octanol–water partition coefficient (Wildman–Crippen LogP) is 3.32. The Labute approximate surface area is 159 Å². The minimum Gasteiger partial charge on any atom is -0.339 e. The van der Waals surface area contributed by atoms with E-state index in [2.05, 4.69) is 4.98 Å². The molecular weight excluding hydrogens is 372 g/mol. The highest BCUT2D eigenvalue weighted by Crippen LogP contribution is 2.37. The number of carbonyl (C=O) groups is 1. The molecule has 9 heteroatoms. The normalized spacial score (nSPS) is 15.2. The first-order valence-electron chi connectivity index (χ1n) is 8.35. The van der Waals surface area contributed by atoms with Crippen molar-refractivity contribution in [3.05, 3.63) is 45.0 Å². The van der Waals surface area contributed by atoms with E-state index in [9.17, 15) is 14.9 Å². The predicted molar refractivity (Wildman–Crippen MR) is 102 cm³/mol. The highest BCUT2D eigenvalue weighted by Gasteiger charge is 2.25. The molecule has 1 aromatic heterocycles. The summed E-state index contributed by atoms with van der Waals surface area (Å²) in [6.45, 7) is 3.80. The van der Waals surface area contributed by atoms with Crippen LogP contribution in [0.4, 0.5) is 5.69 Å². The standard InChI is InChI=1S/C17H20N4O3S2/c1-11-10-25-17(19-11)26-15-3-2-13(8-14(15)21(23)24)16(22)20-6-4-12(9-18)5-7-20/h2-3,8,10,12H,4-7,9,18H2,1H3. The summed E-state index contributed by atoms with van der Waals surface area (Å²) in [6.07, 6.45) is 1.75. The number of piperidine rings is 1. The van der Waals surface area contributed by atoms with Crippen molar-refractivity contribution in [2.75, 3.05) is 19.6 Å². The first-order chi connectivity index (χ1) is 12.5. The van der Waals surface area contributed by atoms with Gasteiger partial charge in [0.2, 0.25) is 0 Å². The largest absolute Gasteiger partial charge is 0.339 e. The van der Waals surface area contributed by atoms with Crippen LogP contribution in [0.3, 0.4) is 0 Å². The second-order valence-electron chi connectivity index (χ2n) is 6.27. The van der Waals surface area contributed by atoms with Crippen LogP contribution in [-0.2, 0) is 0 Å². The summed E-state index contributed by atoms with van der Waals surface area (Å²) in [4.78, 5) is 30.3. The monoisotopic (exact) mass is 392 g/mol. The Hall–Kier alpha value is -1.97. The van der Waals surface area contributed by atoms with Crippen LogP contribution in [0.25, 0.3) is 0 Å². The van der Waals surface area contributed by atoms with Crippen LogP contribution < -0.4 is 5.73 Å². The van der Waals surface area contributed by atoms with Gasteiger partial charge < -0.3 is 10.6 Å². The summed E-state index contributed by atoms with van der Waals surface area (Å²) in [7, 11) is 0. The summed E-state index contributed by atoms with van der Waals surface area (Å²) in [5.74, 6) is 0.291. The molecule has 1 saturated heterocycles. The summed E-state index contributed by atoms with van der Waals surface area (Å²) in [5.41, 5.74) is 6.85. The van der Waals surface area contributed by atoms with Crippen molar-refractivity contribution >= 4 is 34.7 Å². The molecule has 0 saturated carbocycles. The number of thiazole rings is 1. The van der Waals surface area contributed by atoms with Crippen LogP contribution in [-0.4, -0.2) is 40.3 Å². The van der Waals surface area contributed by atoms with E-state index < -0.39 is 4.92 Å². The van der Waals surface area contributed by atoms with Crippen LogP contribution in [0, 0.1) is 23.0 Å². The quantitative estimate of drug-likeness (QED) is 0.618. The van der Waals surface area contributed by atoms with Crippen molar-refractivity contribution in [3.63, 3.8) is 0 Å². The Kier molecular flexibility index (Phi) is 5.90. The Morgan fingerprint density at radius 1 is 1.46 bits per heavy atom. The van der Waals surface area contributed by atoms with E-state index in [0.29, 0.717) is 36.0 Å². The second-order valence-corrected chi connectivity index (χ2v) is 8.41. The van der Waals surface area contributed by atoms with Gasteiger partial charge in [-0.25, -0.2) is 4.98 Å². The number of hydrogen-bond acceptors (Lipinski definition) is 7. The average molecular weight is 393 g/mol. The van der Waals surface area contributed by atoms with Crippen LogP contribution in [0.2, 0.25) is 0 Å². The third kappa shape index (κ3) is 4.22. The molecule has 0 atom stereocenters. The molecule has 26 heavy (non-hydrogen) atoms. The molecule has 0 unspecified atom stereocenters. The topological polar surface area (TPSA) is 102 Å². The number of hydrogen-bond donors (Lipinski definition) is 1. The number of nitrogens with two attached hydrogens (primary N) is 1. The first kappa shape index (κ1) is 18.8. The van der Waals surface area contributed by atoms with E-state index in [1.165, 1.54) is 29.2 Å². The molecule has 0 radical (unpaired) electrons. The van der Waals surface area contributed by atoms with Crippen LogP contribution in [0.15, 0.2) is 32.8 Å². The van der Waals surface area contributed by atoms with E-state index in [1.54, 1.807) is 17.0 Å². The van der Waals surface area contributed by atoms with Gasteiger partial charge in [-0.05, 0) is 44.4 Å². The van der Waals surface area contributed by atoms with Gasteiger partial charge in [0.05, 0.1) is 9.82 Å². The van der Waals surface area contributed by atoms with Gasteiger partial charge in [0.25, 0.3) is 11.6 Å². The van der Waals surface area contributed by atoms with Gasteiger partial charge in [0.15, 0.2) is 4.34 Å². The fraction of sp³-hybridized carbons (Fsp3) is 0.412. The first-order valence-corrected chi connectivity index (χ1v) is 10.1. The van der Waals surface area contributed by atoms with E-state index >= 15 is 0 Å². The molecule has 1 aromatic carbocycles. The Morgan fingerprint density at radius 3 is 2.77 bits per heavy atom. The summed E-state index contributed by atoms with van der Waals surface area (Å²) < 4.78 is 0.744. The molecule has 2 heterocycles.